The topological polar surface area (TPSA) is 73.5 Å². The Hall–Kier alpha value is -3.32. The highest BCUT2D eigenvalue weighted by Gasteiger charge is 2.26. The van der Waals surface area contributed by atoms with Crippen LogP contribution in [0.5, 0.6) is 11.5 Å². The molecule has 0 atom stereocenters. The van der Waals surface area contributed by atoms with Gasteiger partial charge in [-0.2, -0.15) is 4.98 Å². The van der Waals surface area contributed by atoms with E-state index in [2.05, 4.69) is 33.2 Å². The maximum Gasteiger partial charge on any atom is 0.230 e. The molecule has 0 N–H and O–H groups in total. The monoisotopic (exact) mass is 452 g/mol. The van der Waals surface area contributed by atoms with Gasteiger partial charge in [0.15, 0.2) is 0 Å². The third kappa shape index (κ3) is 4.21. The summed E-state index contributed by atoms with van der Waals surface area (Å²) in [6.07, 6.45) is 1.87. The first kappa shape index (κ1) is 21.9. The summed E-state index contributed by atoms with van der Waals surface area (Å²) in [4.78, 5) is 11.8. The molecule has 2 aromatic heterocycles. The molecule has 0 aliphatic carbocycles. The highest BCUT2D eigenvalue weighted by Crippen LogP contribution is 2.32. The standard InChI is InChI=1S/C24H24N4O3.ClH/c1-29-19-7-3-6-18(15-19)23-26-24(31-27-23)17-11-13-28(14-12-17)21-10-9-16-5-4-8-20(30-2)22(16)25-21;/h3-10,15,17H,11-14H2,1-2H3;1H. The van der Waals surface area contributed by atoms with Crippen LogP contribution in [-0.2, 0) is 0 Å². The van der Waals surface area contributed by atoms with Crippen LogP contribution in [0.4, 0.5) is 5.82 Å². The Morgan fingerprint density at radius 3 is 2.53 bits per heavy atom. The van der Waals surface area contributed by atoms with Crippen molar-refractivity contribution in [3.8, 4) is 22.9 Å². The fraction of sp³-hybridized carbons (Fsp3) is 0.292. The number of methoxy groups -OCH3 is 2. The predicted molar refractivity (Wildman–Crippen MR) is 126 cm³/mol. The summed E-state index contributed by atoms with van der Waals surface area (Å²) in [7, 11) is 3.33. The van der Waals surface area contributed by atoms with E-state index in [1.165, 1.54) is 0 Å². The second-order valence-corrected chi connectivity index (χ2v) is 7.65. The van der Waals surface area contributed by atoms with Crippen molar-refractivity contribution in [3.63, 3.8) is 0 Å². The van der Waals surface area contributed by atoms with Crippen molar-refractivity contribution >= 4 is 29.1 Å². The minimum atomic E-state index is 0. The molecule has 8 heteroatoms. The lowest BCUT2D eigenvalue weighted by molar-refractivity contribution is 0.329. The molecule has 1 saturated heterocycles. The number of halogens is 1. The first-order valence-electron chi connectivity index (χ1n) is 10.4. The van der Waals surface area contributed by atoms with Gasteiger partial charge in [-0.1, -0.05) is 29.4 Å². The van der Waals surface area contributed by atoms with Crippen molar-refractivity contribution in [1.82, 2.24) is 15.1 Å². The summed E-state index contributed by atoms with van der Waals surface area (Å²) in [6, 6.07) is 17.9. The zero-order chi connectivity index (χ0) is 21.2. The van der Waals surface area contributed by atoms with Gasteiger partial charge in [-0.25, -0.2) is 4.98 Å². The van der Waals surface area contributed by atoms with E-state index < -0.39 is 0 Å². The number of hydrogen-bond donors (Lipinski definition) is 0. The van der Waals surface area contributed by atoms with E-state index in [9.17, 15) is 0 Å². The van der Waals surface area contributed by atoms with Crippen molar-refractivity contribution in [2.24, 2.45) is 0 Å². The van der Waals surface area contributed by atoms with Gasteiger partial charge in [-0.15, -0.1) is 12.4 Å². The Morgan fingerprint density at radius 2 is 1.75 bits per heavy atom. The molecule has 0 saturated carbocycles. The summed E-state index contributed by atoms with van der Waals surface area (Å²) in [6.45, 7) is 1.77. The molecule has 5 rings (SSSR count). The van der Waals surface area contributed by atoms with Crippen molar-refractivity contribution in [2.45, 2.75) is 18.8 Å². The first-order chi connectivity index (χ1) is 15.2. The van der Waals surface area contributed by atoms with E-state index >= 15 is 0 Å². The van der Waals surface area contributed by atoms with Crippen LogP contribution >= 0.6 is 12.4 Å². The van der Waals surface area contributed by atoms with Crippen LogP contribution in [0.1, 0.15) is 24.7 Å². The number of fused-ring (bicyclic) bond motifs is 1. The van der Waals surface area contributed by atoms with Crippen LogP contribution in [0.25, 0.3) is 22.3 Å². The van der Waals surface area contributed by atoms with Gasteiger partial charge in [0.2, 0.25) is 11.7 Å². The number of benzene rings is 2. The molecule has 1 aliphatic rings. The Bertz CT molecular complexity index is 1200. The summed E-state index contributed by atoms with van der Waals surface area (Å²) in [5, 5.41) is 5.26. The van der Waals surface area contributed by atoms with Crippen molar-refractivity contribution in [2.75, 3.05) is 32.2 Å². The summed E-state index contributed by atoms with van der Waals surface area (Å²) in [5.74, 6) is 4.09. The minimum absolute atomic E-state index is 0. The Labute approximate surface area is 192 Å². The van der Waals surface area contributed by atoms with Gasteiger partial charge in [0.25, 0.3) is 0 Å². The number of nitrogens with zero attached hydrogens (tertiary/aromatic N) is 4. The molecule has 7 nitrogen and oxygen atoms in total. The quantitative estimate of drug-likeness (QED) is 0.416. The van der Waals surface area contributed by atoms with Crippen LogP contribution < -0.4 is 14.4 Å². The second-order valence-electron chi connectivity index (χ2n) is 7.65. The number of rotatable bonds is 5. The molecule has 0 bridgehead atoms. The van der Waals surface area contributed by atoms with Gasteiger partial charge in [0.1, 0.15) is 22.8 Å². The lowest BCUT2D eigenvalue weighted by Gasteiger charge is -2.31. The normalized spacial score (nSPS) is 14.2. The number of hydrogen-bond acceptors (Lipinski definition) is 7. The van der Waals surface area contributed by atoms with E-state index in [0.29, 0.717) is 11.7 Å². The number of pyridine rings is 1. The lowest BCUT2D eigenvalue weighted by Crippen LogP contribution is -2.33. The maximum atomic E-state index is 5.61. The predicted octanol–water partition coefficient (Wildman–Crippen LogP) is 5.11. The molecule has 166 valence electrons. The smallest absolute Gasteiger partial charge is 0.230 e. The van der Waals surface area contributed by atoms with E-state index in [1.807, 2.05) is 36.4 Å². The number of anilines is 1. The molecule has 3 heterocycles. The van der Waals surface area contributed by atoms with Crippen LogP contribution in [0.3, 0.4) is 0 Å². The Kier molecular flexibility index (Phi) is 6.46. The Balaban J connectivity index is 0.00000245. The van der Waals surface area contributed by atoms with Crippen molar-refractivity contribution in [1.29, 1.82) is 0 Å². The molecule has 0 amide bonds. The van der Waals surface area contributed by atoms with E-state index in [0.717, 1.165) is 59.7 Å². The van der Waals surface area contributed by atoms with Gasteiger partial charge in [-0.3, -0.25) is 0 Å². The van der Waals surface area contributed by atoms with Crippen molar-refractivity contribution in [3.05, 3.63) is 60.5 Å². The van der Waals surface area contributed by atoms with E-state index in [1.54, 1.807) is 14.2 Å². The van der Waals surface area contributed by atoms with Crippen LogP contribution in [-0.4, -0.2) is 42.4 Å². The average molecular weight is 453 g/mol. The summed E-state index contributed by atoms with van der Waals surface area (Å²) >= 11 is 0. The Morgan fingerprint density at radius 1 is 0.938 bits per heavy atom. The van der Waals surface area contributed by atoms with E-state index in [-0.39, 0.29) is 18.3 Å². The highest BCUT2D eigenvalue weighted by molar-refractivity contribution is 5.86. The fourth-order valence-electron chi connectivity index (χ4n) is 4.09. The molecular formula is C24H25ClN4O3. The number of ether oxygens (including phenoxy) is 2. The second kappa shape index (κ2) is 9.44. The largest absolute Gasteiger partial charge is 0.497 e. The molecule has 0 unspecified atom stereocenters. The molecule has 2 aromatic carbocycles. The van der Waals surface area contributed by atoms with Gasteiger partial charge in [-0.05, 0) is 43.2 Å². The minimum Gasteiger partial charge on any atom is -0.497 e. The summed E-state index contributed by atoms with van der Waals surface area (Å²) in [5.41, 5.74) is 1.78. The first-order valence-corrected chi connectivity index (χ1v) is 10.4. The molecule has 1 aliphatic heterocycles. The highest BCUT2D eigenvalue weighted by atomic mass is 35.5. The molecule has 32 heavy (non-hydrogen) atoms. The van der Waals surface area contributed by atoms with Crippen LogP contribution in [0.2, 0.25) is 0 Å². The summed E-state index contributed by atoms with van der Waals surface area (Å²) < 4.78 is 16.4. The molecule has 1 fully saturated rings. The maximum absolute atomic E-state index is 5.61. The fourth-order valence-corrected chi connectivity index (χ4v) is 4.09. The molecule has 0 radical (unpaired) electrons. The zero-order valence-corrected chi connectivity index (χ0v) is 18.8. The SMILES string of the molecule is COc1cccc(-c2noc(C3CCN(c4ccc5cccc(OC)c5n4)CC3)n2)c1.Cl. The number of para-hydroxylation sites is 1. The van der Waals surface area contributed by atoms with Gasteiger partial charge in [0, 0.05) is 30.0 Å². The zero-order valence-electron chi connectivity index (χ0n) is 18.0. The molecule has 4 aromatic rings. The average Bonchev–Trinajstić information content (AvgIpc) is 3.34. The lowest BCUT2D eigenvalue weighted by atomic mass is 9.96. The molecular weight excluding hydrogens is 428 g/mol. The van der Waals surface area contributed by atoms with Crippen LogP contribution in [0, 0.1) is 0 Å². The van der Waals surface area contributed by atoms with Gasteiger partial charge in [0.05, 0.1) is 14.2 Å². The number of piperidine rings is 1. The van der Waals surface area contributed by atoms with Crippen LogP contribution in [0.15, 0.2) is 59.1 Å². The van der Waals surface area contributed by atoms with Crippen molar-refractivity contribution < 1.29 is 14.0 Å². The number of aromatic nitrogens is 3. The third-order valence-electron chi connectivity index (χ3n) is 5.83. The van der Waals surface area contributed by atoms with Gasteiger partial charge < -0.3 is 18.9 Å². The molecule has 0 spiro atoms. The van der Waals surface area contributed by atoms with E-state index in [4.69, 9.17) is 19.0 Å². The van der Waals surface area contributed by atoms with Gasteiger partial charge >= 0.3 is 0 Å². The third-order valence-corrected chi connectivity index (χ3v) is 5.83.